The van der Waals surface area contributed by atoms with E-state index in [-0.39, 0.29) is 6.04 Å². The Kier molecular flexibility index (Phi) is 5.23. The maximum Gasteiger partial charge on any atom is 0.0462 e. The van der Waals surface area contributed by atoms with Gasteiger partial charge in [-0.2, -0.15) is 0 Å². The van der Waals surface area contributed by atoms with Gasteiger partial charge in [-0.15, -0.1) is 6.58 Å². The lowest BCUT2D eigenvalue weighted by atomic mass is 9.96. The summed E-state index contributed by atoms with van der Waals surface area (Å²) in [5, 5.41) is 0. The molecule has 0 fully saturated rings. The summed E-state index contributed by atoms with van der Waals surface area (Å²) in [6.45, 7) is 7.98. The molecule has 0 aliphatic rings. The number of hydrazine groups is 1. The normalized spacial score (nSPS) is 12.4. The summed E-state index contributed by atoms with van der Waals surface area (Å²) < 4.78 is 0. The standard InChI is InChI=1S/C14H22N2/c1-4-5-6-7-14(16-15)13-9-8-11(2)10-12(13)3/h4,8-10,14,16H,1,5-7,15H2,2-3H3. The minimum absolute atomic E-state index is 0.251. The number of aryl methyl sites for hydroxylation is 2. The van der Waals surface area contributed by atoms with E-state index in [1.807, 2.05) is 6.08 Å². The second-order valence-corrected chi connectivity index (χ2v) is 4.30. The zero-order valence-electron chi connectivity index (χ0n) is 10.3. The van der Waals surface area contributed by atoms with Gasteiger partial charge in [0, 0.05) is 6.04 Å². The molecule has 0 saturated heterocycles. The minimum atomic E-state index is 0.251. The molecule has 1 unspecified atom stereocenters. The molecule has 1 aromatic carbocycles. The van der Waals surface area contributed by atoms with Crippen LogP contribution in [-0.4, -0.2) is 0 Å². The topological polar surface area (TPSA) is 38.0 Å². The molecule has 2 nitrogen and oxygen atoms in total. The summed E-state index contributed by atoms with van der Waals surface area (Å²) in [5.74, 6) is 5.62. The Morgan fingerprint density at radius 2 is 2.19 bits per heavy atom. The first kappa shape index (κ1) is 12.9. The molecule has 16 heavy (non-hydrogen) atoms. The third-order valence-electron chi connectivity index (χ3n) is 2.90. The van der Waals surface area contributed by atoms with Crippen molar-refractivity contribution in [3.05, 3.63) is 47.5 Å². The minimum Gasteiger partial charge on any atom is -0.271 e. The molecule has 0 radical (unpaired) electrons. The van der Waals surface area contributed by atoms with E-state index in [1.165, 1.54) is 16.7 Å². The van der Waals surface area contributed by atoms with E-state index in [9.17, 15) is 0 Å². The first-order chi connectivity index (χ1) is 7.69. The van der Waals surface area contributed by atoms with Gasteiger partial charge >= 0.3 is 0 Å². The molecule has 0 saturated carbocycles. The Balaban J connectivity index is 2.74. The van der Waals surface area contributed by atoms with Crippen LogP contribution in [0.2, 0.25) is 0 Å². The molecule has 0 aliphatic heterocycles. The van der Waals surface area contributed by atoms with Crippen LogP contribution in [0, 0.1) is 13.8 Å². The number of benzene rings is 1. The van der Waals surface area contributed by atoms with Crippen LogP contribution >= 0.6 is 0 Å². The summed E-state index contributed by atoms with van der Waals surface area (Å²) in [6, 6.07) is 6.76. The highest BCUT2D eigenvalue weighted by atomic mass is 15.2. The zero-order chi connectivity index (χ0) is 12.0. The van der Waals surface area contributed by atoms with Gasteiger partial charge in [0.15, 0.2) is 0 Å². The van der Waals surface area contributed by atoms with Gasteiger partial charge in [-0.05, 0) is 44.2 Å². The number of allylic oxidation sites excluding steroid dienone is 1. The molecule has 3 N–H and O–H groups in total. The van der Waals surface area contributed by atoms with Crippen molar-refractivity contribution in [1.82, 2.24) is 5.43 Å². The maximum absolute atomic E-state index is 5.62. The van der Waals surface area contributed by atoms with Crippen molar-refractivity contribution in [3.8, 4) is 0 Å². The summed E-state index contributed by atoms with van der Waals surface area (Å²) in [5.41, 5.74) is 6.81. The molecule has 0 amide bonds. The Hall–Kier alpha value is -1.12. The van der Waals surface area contributed by atoms with E-state index in [2.05, 4.69) is 44.1 Å². The van der Waals surface area contributed by atoms with E-state index in [4.69, 9.17) is 5.84 Å². The van der Waals surface area contributed by atoms with E-state index >= 15 is 0 Å². The van der Waals surface area contributed by atoms with Crippen LogP contribution in [0.3, 0.4) is 0 Å². The Bertz CT molecular complexity index is 345. The SMILES string of the molecule is C=CCCCC(NN)c1ccc(C)cc1C. The van der Waals surface area contributed by atoms with Gasteiger partial charge in [0.05, 0.1) is 0 Å². The zero-order valence-corrected chi connectivity index (χ0v) is 10.3. The number of hydrogen-bond donors (Lipinski definition) is 2. The third-order valence-corrected chi connectivity index (χ3v) is 2.90. The largest absolute Gasteiger partial charge is 0.271 e. The lowest BCUT2D eigenvalue weighted by Gasteiger charge is -2.18. The Morgan fingerprint density at radius 1 is 1.44 bits per heavy atom. The second-order valence-electron chi connectivity index (χ2n) is 4.30. The van der Waals surface area contributed by atoms with Crippen molar-refractivity contribution in [1.29, 1.82) is 0 Å². The smallest absolute Gasteiger partial charge is 0.0462 e. The first-order valence-electron chi connectivity index (χ1n) is 5.83. The summed E-state index contributed by atoms with van der Waals surface area (Å²) >= 11 is 0. The monoisotopic (exact) mass is 218 g/mol. The van der Waals surface area contributed by atoms with Crippen molar-refractivity contribution < 1.29 is 0 Å². The van der Waals surface area contributed by atoms with Crippen molar-refractivity contribution in [2.75, 3.05) is 0 Å². The molecule has 2 heteroatoms. The average molecular weight is 218 g/mol. The molecule has 0 spiro atoms. The van der Waals surface area contributed by atoms with E-state index in [1.54, 1.807) is 0 Å². The van der Waals surface area contributed by atoms with Gasteiger partial charge in [-0.1, -0.05) is 29.8 Å². The van der Waals surface area contributed by atoms with Crippen molar-refractivity contribution in [2.24, 2.45) is 5.84 Å². The number of rotatable bonds is 6. The first-order valence-corrected chi connectivity index (χ1v) is 5.83. The molecular weight excluding hydrogens is 196 g/mol. The second kappa shape index (κ2) is 6.46. The van der Waals surface area contributed by atoms with Crippen LogP contribution in [0.1, 0.15) is 42.0 Å². The quantitative estimate of drug-likeness (QED) is 0.333. The van der Waals surface area contributed by atoms with Crippen molar-refractivity contribution >= 4 is 0 Å². The highest BCUT2D eigenvalue weighted by Crippen LogP contribution is 2.22. The molecule has 1 rings (SSSR count). The molecular formula is C14H22N2. The van der Waals surface area contributed by atoms with Crippen LogP contribution < -0.4 is 11.3 Å². The van der Waals surface area contributed by atoms with Crippen LogP contribution in [0.15, 0.2) is 30.9 Å². The van der Waals surface area contributed by atoms with Crippen LogP contribution in [0.5, 0.6) is 0 Å². The molecule has 1 atom stereocenters. The van der Waals surface area contributed by atoms with Gasteiger partial charge in [0.1, 0.15) is 0 Å². The van der Waals surface area contributed by atoms with Gasteiger partial charge in [0.25, 0.3) is 0 Å². The van der Waals surface area contributed by atoms with Gasteiger partial charge in [-0.25, -0.2) is 0 Å². The molecule has 0 heterocycles. The van der Waals surface area contributed by atoms with E-state index in [0.717, 1.165) is 19.3 Å². The average Bonchev–Trinajstić information content (AvgIpc) is 2.26. The molecule has 88 valence electrons. The fourth-order valence-electron chi connectivity index (χ4n) is 2.01. The predicted octanol–water partition coefficient (Wildman–Crippen LogP) is 3.16. The van der Waals surface area contributed by atoms with Gasteiger partial charge in [-0.3, -0.25) is 11.3 Å². The Morgan fingerprint density at radius 3 is 2.75 bits per heavy atom. The lowest BCUT2D eigenvalue weighted by Crippen LogP contribution is -2.28. The molecule has 0 aromatic heterocycles. The lowest BCUT2D eigenvalue weighted by molar-refractivity contribution is 0.499. The summed E-state index contributed by atoms with van der Waals surface area (Å²) in [6.07, 6.45) is 5.16. The van der Waals surface area contributed by atoms with E-state index in [0.29, 0.717) is 0 Å². The highest BCUT2D eigenvalue weighted by molar-refractivity contribution is 5.32. The van der Waals surface area contributed by atoms with Gasteiger partial charge in [0.2, 0.25) is 0 Å². The molecule has 0 aliphatic carbocycles. The maximum atomic E-state index is 5.62. The fraction of sp³-hybridized carbons (Fsp3) is 0.429. The van der Waals surface area contributed by atoms with Gasteiger partial charge < -0.3 is 0 Å². The van der Waals surface area contributed by atoms with Crippen LogP contribution in [0.25, 0.3) is 0 Å². The molecule has 0 bridgehead atoms. The van der Waals surface area contributed by atoms with Crippen LogP contribution in [-0.2, 0) is 0 Å². The Labute approximate surface area is 98.5 Å². The highest BCUT2D eigenvalue weighted by Gasteiger charge is 2.11. The van der Waals surface area contributed by atoms with Crippen molar-refractivity contribution in [3.63, 3.8) is 0 Å². The molecule has 1 aromatic rings. The predicted molar refractivity (Wildman–Crippen MR) is 70.0 cm³/mol. The summed E-state index contributed by atoms with van der Waals surface area (Å²) in [7, 11) is 0. The number of unbranched alkanes of at least 4 members (excludes halogenated alkanes) is 1. The van der Waals surface area contributed by atoms with Crippen LogP contribution in [0.4, 0.5) is 0 Å². The fourth-order valence-corrected chi connectivity index (χ4v) is 2.01. The number of hydrogen-bond acceptors (Lipinski definition) is 2. The van der Waals surface area contributed by atoms with E-state index < -0.39 is 0 Å². The number of nitrogens with one attached hydrogen (secondary N) is 1. The number of nitrogens with two attached hydrogens (primary N) is 1. The van der Waals surface area contributed by atoms with Crippen molar-refractivity contribution in [2.45, 2.75) is 39.2 Å². The summed E-state index contributed by atoms with van der Waals surface area (Å²) in [4.78, 5) is 0. The third kappa shape index (κ3) is 3.47.